The molecule has 2 heterocycles. The average Bonchev–Trinajstić information content (AvgIpc) is 3.51. The maximum Gasteiger partial charge on any atom is 0.321 e. The van der Waals surface area contributed by atoms with Crippen molar-refractivity contribution in [1.82, 2.24) is 25.2 Å². The summed E-state index contributed by atoms with van der Waals surface area (Å²) in [6.45, 7) is 0. The lowest BCUT2D eigenvalue weighted by Crippen LogP contribution is -2.41. The minimum atomic E-state index is -0.498. The van der Waals surface area contributed by atoms with Crippen molar-refractivity contribution in [2.45, 2.75) is 24.0 Å². The zero-order chi connectivity index (χ0) is 19.5. The largest absolute Gasteiger partial charge is 0.335 e. The molecule has 0 spiro atoms. The predicted molar refractivity (Wildman–Crippen MR) is 106 cm³/mol. The Hall–Kier alpha value is -3.20. The molecule has 3 aromatic rings. The Kier molecular flexibility index (Phi) is 5.07. The molecule has 4 rings (SSSR count). The lowest BCUT2D eigenvalue weighted by atomic mass is 10.3. The van der Waals surface area contributed by atoms with Crippen LogP contribution in [0, 0.1) is 0 Å². The van der Waals surface area contributed by atoms with E-state index in [9.17, 15) is 14.4 Å². The third-order valence-electron chi connectivity index (χ3n) is 4.13. The normalized spacial score (nSPS) is 13.3. The number of pyridine rings is 1. The van der Waals surface area contributed by atoms with Crippen molar-refractivity contribution >= 4 is 34.7 Å². The van der Waals surface area contributed by atoms with Gasteiger partial charge in [0.15, 0.2) is 10.8 Å². The van der Waals surface area contributed by atoms with E-state index in [1.54, 1.807) is 30.5 Å². The van der Waals surface area contributed by atoms with Crippen molar-refractivity contribution < 1.29 is 9.59 Å². The quantitative estimate of drug-likeness (QED) is 0.505. The number of fused-ring (bicyclic) bond motifs is 1. The third-order valence-corrected chi connectivity index (χ3v) is 5.06. The number of hydrogen-bond acceptors (Lipinski definition) is 6. The van der Waals surface area contributed by atoms with Crippen LogP contribution in [-0.4, -0.2) is 38.3 Å². The maximum absolute atomic E-state index is 13.0. The molecule has 1 aliphatic rings. The van der Waals surface area contributed by atoms with Crippen LogP contribution in [-0.2, 0) is 4.79 Å². The van der Waals surface area contributed by atoms with Gasteiger partial charge in [0.25, 0.3) is 5.56 Å². The van der Waals surface area contributed by atoms with E-state index < -0.39 is 11.9 Å². The minimum Gasteiger partial charge on any atom is -0.335 e. The van der Waals surface area contributed by atoms with Gasteiger partial charge in [0.2, 0.25) is 5.91 Å². The number of imide groups is 1. The molecule has 0 unspecified atom stereocenters. The van der Waals surface area contributed by atoms with Gasteiger partial charge < -0.3 is 5.32 Å². The summed E-state index contributed by atoms with van der Waals surface area (Å²) < 4.78 is 1.45. The molecule has 1 saturated carbocycles. The van der Waals surface area contributed by atoms with Crippen molar-refractivity contribution in [3.8, 4) is 5.69 Å². The molecular weight excluding hydrogens is 378 g/mol. The number of carbonyl (C=O) groups is 2. The number of nitrogens with zero attached hydrogens (tertiary/aromatic N) is 3. The summed E-state index contributed by atoms with van der Waals surface area (Å²) in [5.74, 6) is -0.520. The van der Waals surface area contributed by atoms with Gasteiger partial charge in [-0.3, -0.25) is 19.5 Å². The van der Waals surface area contributed by atoms with Gasteiger partial charge >= 0.3 is 6.03 Å². The SMILES string of the molecule is O=C(CSc1nc2ncccc2c(=O)n1-c1ccccc1)NC(=O)NC1CC1. The molecule has 0 bridgehead atoms. The van der Waals surface area contributed by atoms with E-state index in [-0.39, 0.29) is 17.4 Å². The highest BCUT2D eigenvalue weighted by Crippen LogP contribution is 2.20. The van der Waals surface area contributed by atoms with Gasteiger partial charge in [0.05, 0.1) is 16.8 Å². The fourth-order valence-corrected chi connectivity index (χ4v) is 3.45. The number of benzene rings is 1. The molecule has 2 N–H and O–H groups in total. The highest BCUT2D eigenvalue weighted by Gasteiger charge is 2.24. The fraction of sp³-hybridized carbons (Fsp3) is 0.211. The van der Waals surface area contributed by atoms with Crippen molar-refractivity contribution in [2.24, 2.45) is 0 Å². The number of urea groups is 1. The smallest absolute Gasteiger partial charge is 0.321 e. The summed E-state index contributed by atoms with van der Waals surface area (Å²) in [4.78, 5) is 45.4. The summed E-state index contributed by atoms with van der Waals surface area (Å²) in [7, 11) is 0. The molecular formula is C19H17N5O3S. The number of nitrogens with one attached hydrogen (secondary N) is 2. The van der Waals surface area contributed by atoms with Crippen LogP contribution in [0.2, 0.25) is 0 Å². The Labute approximate surface area is 164 Å². The van der Waals surface area contributed by atoms with E-state index in [4.69, 9.17) is 0 Å². The van der Waals surface area contributed by atoms with Gasteiger partial charge in [-0.05, 0) is 37.1 Å². The first-order valence-corrected chi connectivity index (χ1v) is 9.77. The van der Waals surface area contributed by atoms with Crippen LogP contribution in [0.4, 0.5) is 4.79 Å². The molecule has 2 aromatic heterocycles. The second-order valence-corrected chi connectivity index (χ2v) is 7.27. The van der Waals surface area contributed by atoms with Crippen molar-refractivity contribution in [2.75, 3.05) is 5.75 Å². The van der Waals surface area contributed by atoms with Crippen LogP contribution < -0.4 is 16.2 Å². The number of aromatic nitrogens is 3. The molecule has 28 heavy (non-hydrogen) atoms. The van der Waals surface area contributed by atoms with Gasteiger partial charge in [-0.25, -0.2) is 14.8 Å². The van der Waals surface area contributed by atoms with E-state index in [1.807, 2.05) is 18.2 Å². The number of thioether (sulfide) groups is 1. The monoisotopic (exact) mass is 395 g/mol. The van der Waals surface area contributed by atoms with Gasteiger partial charge in [0, 0.05) is 12.2 Å². The molecule has 3 amide bonds. The minimum absolute atomic E-state index is 0.0598. The molecule has 8 nitrogen and oxygen atoms in total. The molecule has 142 valence electrons. The first-order chi connectivity index (χ1) is 13.6. The Balaban J connectivity index is 1.61. The van der Waals surface area contributed by atoms with Gasteiger partial charge in [0.1, 0.15) is 0 Å². The first kappa shape index (κ1) is 18.2. The lowest BCUT2D eigenvalue weighted by molar-refractivity contribution is -0.117. The Morgan fingerprint density at radius 3 is 2.68 bits per heavy atom. The second-order valence-electron chi connectivity index (χ2n) is 6.33. The molecule has 1 aromatic carbocycles. The summed E-state index contributed by atoms with van der Waals surface area (Å²) >= 11 is 1.08. The molecule has 0 radical (unpaired) electrons. The van der Waals surface area contributed by atoms with Crippen LogP contribution in [0.1, 0.15) is 12.8 Å². The van der Waals surface area contributed by atoms with Crippen molar-refractivity contribution in [3.63, 3.8) is 0 Å². The first-order valence-electron chi connectivity index (χ1n) is 8.78. The molecule has 0 atom stereocenters. The summed E-state index contributed by atoms with van der Waals surface area (Å²) in [5.41, 5.74) is 0.688. The standard InChI is InChI=1S/C19H17N5O3S/c25-15(22-18(27)21-12-8-9-12)11-28-19-23-16-14(7-4-10-20-16)17(26)24(19)13-5-2-1-3-6-13/h1-7,10,12H,8-9,11H2,(H2,21,22,25,27). The van der Waals surface area contributed by atoms with E-state index in [0.717, 1.165) is 24.6 Å². The van der Waals surface area contributed by atoms with E-state index >= 15 is 0 Å². The zero-order valence-corrected chi connectivity index (χ0v) is 15.6. The van der Waals surface area contributed by atoms with Crippen LogP contribution in [0.5, 0.6) is 0 Å². The van der Waals surface area contributed by atoms with Crippen molar-refractivity contribution in [1.29, 1.82) is 0 Å². The number of para-hydroxylation sites is 1. The number of carbonyl (C=O) groups excluding carboxylic acids is 2. The highest BCUT2D eigenvalue weighted by molar-refractivity contribution is 7.99. The van der Waals surface area contributed by atoms with Gasteiger partial charge in [-0.1, -0.05) is 30.0 Å². The maximum atomic E-state index is 13.0. The molecule has 0 saturated heterocycles. The lowest BCUT2D eigenvalue weighted by Gasteiger charge is -2.12. The fourth-order valence-electron chi connectivity index (χ4n) is 2.64. The molecule has 1 aliphatic carbocycles. The number of amides is 3. The molecule has 1 fully saturated rings. The van der Waals surface area contributed by atoms with Gasteiger partial charge in [-0.2, -0.15) is 0 Å². The number of rotatable bonds is 5. The van der Waals surface area contributed by atoms with E-state index in [0.29, 0.717) is 21.9 Å². The highest BCUT2D eigenvalue weighted by atomic mass is 32.2. The summed E-state index contributed by atoms with van der Waals surface area (Å²) in [6, 6.07) is 12.1. The van der Waals surface area contributed by atoms with E-state index in [2.05, 4.69) is 20.6 Å². The Bertz CT molecular complexity index is 1100. The Morgan fingerprint density at radius 1 is 1.14 bits per heavy atom. The molecule has 0 aliphatic heterocycles. The summed E-state index contributed by atoms with van der Waals surface area (Å²) in [6.07, 6.45) is 3.44. The van der Waals surface area contributed by atoms with Crippen LogP contribution in [0.15, 0.2) is 58.6 Å². The van der Waals surface area contributed by atoms with E-state index in [1.165, 1.54) is 4.57 Å². The van der Waals surface area contributed by atoms with Crippen LogP contribution in [0.25, 0.3) is 16.7 Å². The van der Waals surface area contributed by atoms with Crippen LogP contribution >= 0.6 is 11.8 Å². The van der Waals surface area contributed by atoms with Gasteiger partial charge in [-0.15, -0.1) is 0 Å². The topological polar surface area (TPSA) is 106 Å². The van der Waals surface area contributed by atoms with Crippen LogP contribution in [0.3, 0.4) is 0 Å². The average molecular weight is 395 g/mol. The third kappa shape index (κ3) is 4.04. The zero-order valence-electron chi connectivity index (χ0n) is 14.8. The predicted octanol–water partition coefficient (Wildman–Crippen LogP) is 1.86. The molecule has 9 heteroatoms. The second kappa shape index (κ2) is 7.81. The summed E-state index contributed by atoms with van der Waals surface area (Å²) in [5, 5.41) is 5.71. The number of hydrogen-bond donors (Lipinski definition) is 2. The van der Waals surface area contributed by atoms with Crippen molar-refractivity contribution in [3.05, 3.63) is 59.0 Å². The Morgan fingerprint density at radius 2 is 1.93 bits per heavy atom.